The molecule has 0 radical (unpaired) electrons. The Balaban J connectivity index is 1.93. The monoisotopic (exact) mass is 226 g/mol. The van der Waals surface area contributed by atoms with Gasteiger partial charge in [-0.15, -0.1) is 0 Å². The maximum Gasteiger partial charge on any atom is 0.323 e. The molecule has 2 aliphatic rings. The van der Waals surface area contributed by atoms with Crippen LogP contribution in [-0.4, -0.2) is 58.9 Å². The van der Waals surface area contributed by atoms with Crippen LogP contribution in [0.3, 0.4) is 0 Å². The molecule has 1 aliphatic carbocycles. The van der Waals surface area contributed by atoms with Crippen LogP contribution in [-0.2, 0) is 14.4 Å². The van der Waals surface area contributed by atoms with E-state index in [1.807, 2.05) is 0 Å². The minimum absolute atomic E-state index is 0.323. The number of nitrogens with zero attached hydrogens (tertiary/aromatic N) is 2. The topological polar surface area (TPSA) is 77.9 Å². The summed E-state index contributed by atoms with van der Waals surface area (Å²) in [4.78, 5) is 36.3. The van der Waals surface area contributed by atoms with Crippen LogP contribution in [0, 0.1) is 5.92 Å². The zero-order chi connectivity index (χ0) is 11.7. The molecule has 88 valence electrons. The molecule has 16 heavy (non-hydrogen) atoms. The summed E-state index contributed by atoms with van der Waals surface area (Å²) in [5.41, 5.74) is 0. The number of rotatable bonds is 4. The van der Waals surface area contributed by atoms with Crippen molar-refractivity contribution in [2.24, 2.45) is 5.92 Å². The average Bonchev–Trinajstić information content (AvgIpc) is 3.01. The van der Waals surface area contributed by atoms with Gasteiger partial charge in [-0.25, -0.2) is 0 Å². The molecule has 0 unspecified atom stereocenters. The number of aliphatic carboxylic acids is 1. The van der Waals surface area contributed by atoms with Crippen molar-refractivity contribution < 1.29 is 19.5 Å². The Bertz CT molecular complexity index is 338. The summed E-state index contributed by atoms with van der Waals surface area (Å²) in [6.45, 7) is 1.03. The highest BCUT2D eigenvalue weighted by molar-refractivity contribution is 6.35. The molecule has 6 heteroatoms. The predicted molar refractivity (Wildman–Crippen MR) is 53.5 cm³/mol. The third-order valence-corrected chi connectivity index (χ3v) is 2.90. The third-order valence-electron chi connectivity index (χ3n) is 2.90. The van der Waals surface area contributed by atoms with E-state index >= 15 is 0 Å². The van der Waals surface area contributed by atoms with Crippen LogP contribution >= 0.6 is 0 Å². The van der Waals surface area contributed by atoms with Crippen molar-refractivity contribution in [2.45, 2.75) is 12.8 Å². The maximum atomic E-state index is 11.6. The molecule has 2 rings (SSSR count). The van der Waals surface area contributed by atoms with Crippen molar-refractivity contribution >= 4 is 17.8 Å². The Kier molecular flexibility index (Phi) is 2.80. The third kappa shape index (κ3) is 2.32. The number of amides is 2. The van der Waals surface area contributed by atoms with Gasteiger partial charge in [-0.2, -0.15) is 0 Å². The number of carbonyl (C=O) groups excluding carboxylic acids is 2. The van der Waals surface area contributed by atoms with Crippen LogP contribution < -0.4 is 0 Å². The van der Waals surface area contributed by atoms with Crippen molar-refractivity contribution in [3.05, 3.63) is 0 Å². The zero-order valence-electron chi connectivity index (χ0n) is 8.89. The summed E-state index contributed by atoms with van der Waals surface area (Å²) in [5.74, 6) is -1.78. The first-order valence-electron chi connectivity index (χ1n) is 5.38. The number of carboxylic acid groups (broad SMARTS) is 1. The summed E-state index contributed by atoms with van der Waals surface area (Å²) < 4.78 is 0. The van der Waals surface area contributed by atoms with E-state index in [1.165, 1.54) is 0 Å². The molecule has 1 saturated heterocycles. The van der Waals surface area contributed by atoms with E-state index in [4.69, 9.17) is 5.11 Å². The van der Waals surface area contributed by atoms with E-state index in [9.17, 15) is 14.4 Å². The Morgan fingerprint density at radius 3 is 2.31 bits per heavy atom. The molecule has 0 atom stereocenters. The van der Waals surface area contributed by atoms with Crippen LogP contribution in [0.25, 0.3) is 0 Å². The van der Waals surface area contributed by atoms with E-state index in [-0.39, 0.29) is 6.54 Å². The second-order valence-electron chi connectivity index (χ2n) is 4.31. The van der Waals surface area contributed by atoms with Crippen molar-refractivity contribution in [2.75, 3.05) is 26.2 Å². The molecule has 0 aromatic rings. The minimum atomic E-state index is -1.09. The molecule has 0 aromatic carbocycles. The van der Waals surface area contributed by atoms with Crippen LogP contribution in [0.5, 0.6) is 0 Å². The SMILES string of the molecule is O=C(O)CN1CCN(CC2CC2)C(=O)C1=O. The van der Waals surface area contributed by atoms with Gasteiger partial charge in [0.15, 0.2) is 0 Å². The highest BCUT2D eigenvalue weighted by atomic mass is 16.4. The van der Waals surface area contributed by atoms with Gasteiger partial charge in [0.2, 0.25) is 0 Å². The van der Waals surface area contributed by atoms with Gasteiger partial charge in [0, 0.05) is 19.6 Å². The van der Waals surface area contributed by atoms with Crippen molar-refractivity contribution in [3.63, 3.8) is 0 Å². The highest BCUT2D eigenvalue weighted by Gasteiger charge is 2.36. The molecule has 1 heterocycles. The quantitative estimate of drug-likeness (QED) is 0.633. The standard InChI is InChI=1S/C10H14N2O4/c13-8(14)6-12-4-3-11(5-7-1-2-7)9(15)10(12)16/h7H,1-6H2,(H,13,14). The molecule has 0 aromatic heterocycles. The Labute approximate surface area is 92.8 Å². The van der Waals surface area contributed by atoms with Gasteiger partial charge < -0.3 is 14.9 Å². The lowest BCUT2D eigenvalue weighted by Crippen LogP contribution is -2.55. The van der Waals surface area contributed by atoms with E-state index in [1.54, 1.807) is 4.90 Å². The van der Waals surface area contributed by atoms with Crippen molar-refractivity contribution in [1.82, 2.24) is 9.80 Å². The second-order valence-corrected chi connectivity index (χ2v) is 4.31. The fourth-order valence-electron chi connectivity index (χ4n) is 1.82. The number of hydrogen-bond donors (Lipinski definition) is 1. The first-order valence-corrected chi connectivity index (χ1v) is 5.38. The molecule has 6 nitrogen and oxygen atoms in total. The molecule has 2 amide bonds. The molecule has 1 saturated carbocycles. The second kappa shape index (κ2) is 4.11. The summed E-state index contributed by atoms with van der Waals surface area (Å²) >= 11 is 0. The smallest absolute Gasteiger partial charge is 0.323 e. The van der Waals surface area contributed by atoms with Crippen molar-refractivity contribution in [1.29, 1.82) is 0 Å². The van der Waals surface area contributed by atoms with E-state index in [0.29, 0.717) is 25.6 Å². The fraction of sp³-hybridized carbons (Fsp3) is 0.700. The van der Waals surface area contributed by atoms with Crippen LogP contribution in [0.15, 0.2) is 0 Å². The first-order chi connectivity index (χ1) is 7.58. The lowest BCUT2D eigenvalue weighted by molar-refractivity contribution is -0.158. The first kappa shape index (κ1) is 10.9. The summed E-state index contributed by atoms with van der Waals surface area (Å²) in [6.07, 6.45) is 2.24. The van der Waals surface area contributed by atoms with Crippen LogP contribution in [0.1, 0.15) is 12.8 Å². The molecular weight excluding hydrogens is 212 g/mol. The van der Waals surface area contributed by atoms with E-state index < -0.39 is 17.8 Å². The van der Waals surface area contributed by atoms with Crippen LogP contribution in [0.4, 0.5) is 0 Å². The Hall–Kier alpha value is -1.59. The minimum Gasteiger partial charge on any atom is -0.480 e. The number of piperazine rings is 1. The highest BCUT2D eigenvalue weighted by Crippen LogP contribution is 2.30. The van der Waals surface area contributed by atoms with Gasteiger partial charge in [-0.05, 0) is 18.8 Å². The largest absolute Gasteiger partial charge is 0.480 e. The zero-order valence-corrected chi connectivity index (χ0v) is 8.89. The summed E-state index contributed by atoms with van der Waals surface area (Å²) in [5, 5.41) is 8.57. The lowest BCUT2D eigenvalue weighted by Gasteiger charge is -2.32. The Morgan fingerprint density at radius 2 is 1.75 bits per heavy atom. The summed E-state index contributed by atoms with van der Waals surface area (Å²) in [6, 6.07) is 0. The van der Waals surface area contributed by atoms with E-state index in [0.717, 1.165) is 17.7 Å². The number of hydrogen-bond acceptors (Lipinski definition) is 3. The lowest BCUT2D eigenvalue weighted by atomic mass is 10.2. The molecular formula is C10H14N2O4. The number of carboxylic acids is 1. The van der Waals surface area contributed by atoms with Gasteiger partial charge >= 0.3 is 17.8 Å². The van der Waals surface area contributed by atoms with Gasteiger partial charge in [0.1, 0.15) is 6.54 Å². The van der Waals surface area contributed by atoms with Gasteiger partial charge in [-0.1, -0.05) is 0 Å². The van der Waals surface area contributed by atoms with Crippen molar-refractivity contribution in [3.8, 4) is 0 Å². The molecule has 1 aliphatic heterocycles. The van der Waals surface area contributed by atoms with Gasteiger partial charge in [-0.3, -0.25) is 14.4 Å². The number of carbonyl (C=O) groups is 3. The molecule has 0 spiro atoms. The maximum absolute atomic E-state index is 11.6. The molecule has 2 fully saturated rings. The van der Waals surface area contributed by atoms with Gasteiger partial charge in [0.25, 0.3) is 0 Å². The molecule has 0 bridgehead atoms. The van der Waals surface area contributed by atoms with Gasteiger partial charge in [0.05, 0.1) is 0 Å². The predicted octanol–water partition coefficient (Wildman–Crippen LogP) is -0.848. The molecule has 1 N–H and O–H groups in total. The van der Waals surface area contributed by atoms with Crippen LogP contribution in [0.2, 0.25) is 0 Å². The normalized spacial score (nSPS) is 21.5. The average molecular weight is 226 g/mol. The Morgan fingerprint density at radius 1 is 1.19 bits per heavy atom. The fourth-order valence-corrected chi connectivity index (χ4v) is 1.82. The van der Waals surface area contributed by atoms with E-state index in [2.05, 4.69) is 0 Å². The summed E-state index contributed by atoms with van der Waals surface area (Å²) in [7, 11) is 0.